The van der Waals surface area contributed by atoms with Crippen molar-refractivity contribution in [1.29, 1.82) is 0 Å². The summed E-state index contributed by atoms with van der Waals surface area (Å²) in [6, 6.07) is 0. The maximum Gasteiger partial charge on any atom is 0.339 e. The van der Waals surface area contributed by atoms with Crippen LogP contribution in [0.15, 0.2) is 0 Å². The Hall–Kier alpha value is -5.94. The molecule has 0 aromatic heterocycles. The number of aromatic carboxylic acids is 1. The third-order valence-corrected chi connectivity index (χ3v) is 20.8. The third-order valence-electron chi connectivity index (χ3n) is 20.8. The van der Waals surface area contributed by atoms with E-state index in [9.17, 15) is 14.7 Å². The van der Waals surface area contributed by atoms with Crippen LogP contribution < -0.4 is 0 Å². The van der Waals surface area contributed by atoms with Gasteiger partial charge in [-0.05, 0) is 417 Å². The van der Waals surface area contributed by atoms with Crippen molar-refractivity contribution >= 4 is 11.9 Å². The van der Waals surface area contributed by atoms with Crippen LogP contribution in [0.1, 0.15) is 307 Å². The van der Waals surface area contributed by atoms with Crippen molar-refractivity contribution < 1.29 is 43.5 Å². The van der Waals surface area contributed by atoms with Crippen LogP contribution in [0.5, 0.6) is 0 Å². The lowest BCUT2D eigenvalue weighted by Crippen LogP contribution is -2.26. The van der Waals surface area contributed by atoms with Gasteiger partial charge < -0.3 is 33.9 Å². The zero-order valence-corrected chi connectivity index (χ0v) is 74.8. The fourth-order valence-corrected chi connectivity index (χ4v) is 12.0. The van der Waals surface area contributed by atoms with Crippen LogP contribution in [-0.4, -0.2) is 63.3 Å². The number of carbonyl (C=O) groups excluding carboxylic acids is 1. The number of esters is 1. The SMILES string of the molecule is CC.CC.CC.CC.CC.CCc1c(C)c(C)c(C)c(C)c1C.CO.COCc1c(C)c(C)c(C)c(C)c1C.COCc1c(C)c(C)c(C)c(C)c1C.COCc1c(C)c(C)c(C)c(C)c1C(=O)O.COCc1c(C)c(C)c(C)c(C)c1C(=O)OC(C)(C)C.Cc1c(C)c(C)c(C)c(C)c1C. The van der Waals surface area contributed by atoms with Crippen molar-refractivity contribution in [3.05, 3.63) is 200 Å². The Balaban J connectivity index is -0.000000261. The minimum atomic E-state index is -0.879. The molecule has 6 aromatic carbocycles. The van der Waals surface area contributed by atoms with E-state index in [4.69, 9.17) is 28.8 Å². The number of methoxy groups -OCH3 is 4. The molecule has 101 heavy (non-hydrogen) atoms. The molecule has 0 saturated heterocycles. The van der Waals surface area contributed by atoms with Gasteiger partial charge in [0.05, 0.1) is 37.6 Å². The van der Waals surface area contributed by atoms with Gasteiger partial charge >= 0.3 is 11.9 Å². The Morgan fingerprint density at radius 3 is 0.584 bits per heavy atom. The largest absolute Gasteiger partial charge is 0.478 e. The second-order valence-corrected chi connectivity index (χ2v) is 26.2. The number of hydrogen-bond donors (Lipinski definition) is 2. The number of carboxylic acid groups (broad SMARTS) is 1. The van der Waals surface area contributed by atoms with Crippen LogP contribution in [0.4, 0.5) is 0 Å². The van der Waals surface area contributed by atoms with E-state index < -0.39 is 11.6 Å². The predicted octanol–water partition coefficient (Wildman–Crippen LogP) is 25.6. The summed E-state index contributed by atoms with van der Waals surface area (Å²) < 4.78 is 26.4. The van der Waals surface area contributed by atoms with E-state index >= 15 is 0 Å². The molecule has 0 atom stereocenters. The molecule has 0 aliphatic carbocycles. The van der Waals surface area contributed by atoms with E-state index in [0.717, 1.165) is 76.8 Å². The highest BCUT2D eigenvalue weighted by molar-refractivity contribution is 5.94. The zero-order chi connectivity index (χ0) is 81.5. The van der Waals surface area contributed by atoms with Gasteiger partial charge in [-0.3, -0.25) is 0 Å². The molecular weight excluding hydrogens is 1250 g/mol. The van der Waals surface area contributed by atoms with Crippen molar-refractivity contribution in [1.82, 2.24) is 0 Å². The minimum Gasteiger partial charge on any atom is -0.478 e. The zero-order valence-electron chi connectivity index (χ0n) is 74.8. The summed E-state index contributed by atoms with van der Waals surface area (Å²) in [5, 5.41) is 16.3. The molecule has 578 valence electrons. The number of carboxylic acids is 1. The normalized spacial score (nSPS) is 9.91. The fraction of sp³-hybridized carbons (Fsp3) is 0.587. The third kappa shape index (κ3) is 29.3. The molecule has 0 heterocycles. The number of benzene rings is 6. The van der Waals surface area contributed by atoms with Crippen LogP contribution in [0.2, 0.25) is 0 Å². The molecule has 0 saturated carbocycles. The molecule has 0 unspecified atom stereocenters. The highest BCUT2D eigenvalue weighted by Gasteiger charge is 2.26. The molecule has 0 radical (unpaired) electrons. The predicted molar refractivity (Wildman–Crippen MR) is 445 cm³/mol. The van der Waals surface area contributed by atoms with Crippen LogP contribution in [0, 0.1) is 201 Å². The van der Waals surface area contributed by atoms with Gasteiger partial charge in [-0.15, -0.1) is 0 Å². The van der Waals surface area contributed by atoms with E-state index in [-0.39, 0.29) is 5.97 Å². The smallest absolute Gasteiger partial charge is 0.339 e. The highest BCUT2D eigenvalue weighted by atomic mass is 16.6. The van der Waals surface area contributed by atoms with Gasteiger partial charge in [-0.1, -0.05) is 76.2 Å². The van der Waals surface area contributed by atoms with E-state index in [2.05, 4.69) is 159 Å². The molecule has 0 spiro atoms. The Morgan fingerprint density at radius 1 is 0.257 bits per heavy atom. The fourth-order valence-electron chi connectivity index (χ4n) is 12.0. The van der Waals surface area contributed by atoms with Gasteiger partial charge in [0.1, 0.15) is 5.60 Å². The van der Waals surface area contributed by atoms with Gasteiger partial charge in [-0.2, -0.15) is 0 Å². The number of carbonyl (C=O) groups is 2. The summed E-state index contributed by atoms with van der Waals surface area (Å²) >= 11 is 0. The van der Waals surface area contributed by atoms with Gasteiger partial charge in [-0.25, -0.2) is 9.59 Å². The summed E-state index contributed by atoms with van der Waals surface area (Å²) in [6.45, 7) is 92.3. The molecule has 6 rings (SSSR count). The second-order valence-electron chi connectivity index (χ2n) is 26.2. The Kier molecular flexibility index (Phi) is 55.6. The number of ether oxygens (including phenoxy) is 5. The second kappa shape index (κ2) is 52.9. The summed E-state index contributed by atoms with van der Waals surface area (Å²) in [5.41, 5.74) is 45.1. The first-order valence-electron chi connectivity index (χ1n) is 37.2. The Morgan fingerprint density at radius 2 is 0.406 bits per heavy atom. The van der Waals surface area contributed by atoms with Crippen LogP contribution in [0.3, 0.4) is 0 Å². The number of hydrogen-bond acceptors (Lipinski definition) is 8. The average Bonchev–Trinajstić information content (AvgIpc) is 0.795. The highest BCUT2D eigenvalue weighted by Crippen LogP contribution is 2.33. The molecule has 9 heteroatoms. The molecular formula is C92H156O9. The first-order chi connectivity index (χ1) is 47.0. The first-order valence-corrected chi connectivity index (χ1v) is 37.2. The van der Waals surface area contributed by atoms with Gasteiger partial charge in [0.25, 0.3) is 0 Å². The van der Waals surface area contributed by atoms with Crippen molar-refractivity contribution in [2.24, 2.45) is 0 Å². The Bertz CT molecular complexity index is 3240. The lowest BCUT2D eigenvalue weighted by Gasteiger charge is -2.24. The van der Waals surface area contributed by atoms with Gasteiger partial charge in [0, 0.05) is 35.5 Å². The lowest BCUT2D eigenvalue weighted by molar-refractivity contribution is 0.00643. The molecule has 0 bridgehead atoms. The van der Waals surface area contributed by atoms with E-state index in [1.165, 1.54) is 134 Å². The topological polar surface area (TPSA) is 121 Å². The van der Waals surface area contributed by atoms with E-state index in [1.54, 1.807) is 34.0 Å². The number of aliphatic hydroxyl groups is 1. The number of rotatable bonds is 11. The molecule has 0 fully saturated rings. The molecule has 0 aliphatic rings. The lowest BCUT2D eigenvalue weighted by atomic mass is 9.89. The van der Waals surface area contributed by atoms with E-state index in [1.807, 2.05) is 138 Å². The first kappa shape index (κ1) is 106. The standard InChI is InChI=1S/C17H26O3.C13H18O3.2C13H20O.C13H20.C12H18.5C2H6.CH4O/c1-10-11(2)13(4)15(14(9-19-8)12(10)3)16(18)20-17(5,6)7;1-7-8(2)10(4)12(13(14)15)11(6-16-5)9(7)3;2*1-8-9(2)11(4)13(7-14-6)12(5)10(8)3;1-7-13-11(5)9(3)8(2)10(4)12(13)6;1-7-8(2)10(4)12(6)11(5)9(7)3;6*1-2/h9H2,1-8H3;6H2,1-5H3,(H,14,15);2*7H2,1-6H3;7H2,1-6H3;1-6H3;5*1-2H3;2H,1H3. The van der Waals surface area contributed by atoms with Crippen molar-refractivity contribution in [2.45, 2.75) is 336 Å². The van der Waals surface area contributed by atoms with Crippen molar-refractivity contribution in [3.63, 3.8) is 0 Å². The number of aliphatic hydroxyl groups excluding tert-OH is 1. The van der Waals surface area contributed by atoms with Crippen LogP contribution in [0.25, 0.3) is 0 Å². The van der Waals surface area contributed by atoms with E-state index in [0.29, 0.717) is 24.3 Å². The van der Waals surface area contributed by atoms with Crippen molar-refractivity contribution in [3.8, 4) is 0 Å². The summed E-state index contributed by atoms with van der Waals surface area (Å²) in [6.07, 6.45) is 1.15. The maximum atomic E-state index is 12.5. The monoisotopic (exact) mass is 1410 g/mol. The molecule has 0 aliphatic heterocycles. The average molecular weight is 1410 g/mol. The molecule has 6 aromatic rings. The summed E-state index contributed by atoms with van der Waals surface area (Å²) in [4.78, 5) is 23.8. The minimum absolute atomic E-state index is 0.270. The molecule has 9 nitrogen and oxygen atoms in total. The van der Waals surface area contributed by atoms with Crippen LogP contribution in [-0.2, 0) is 56.5 Å². The maximum absolute atomic E-state index is 12.5. The van der Waals surface area contributed by atoms with Gasteiger partial charge in [0.2, 0.25) is 0 Å². The quantitative estimate of drug-likeness (QED) is 0.122. The van der Waals surface area contributed by atoms with Gasteiger partial charge in [0.15, 0.2) is 0 Å². The molecule has 2 N–H and O–H groups in total. The van der Waals surface area contributed by atoms with Crippen LogP contribution >= 0.6 is 0 Å². The van der Waals surface area contributed by atoms with Crippen molar-refractivity contribution in [2.75, 3.05) is 35.5 Å². The molecule has 0 amide bonds. The summed E-state index contributed by atoms with van der Waals surface area (Å²) in [5.74, 6) is -1.15. The Labute approximate surface area is 624 Å². The summed E-state index contributed by atoms with van der Waals surface area (Å²) in [7, 11) is 7.73.